The summed E-state index contributed by atoms with van der Waals surface area (Å²) in [5.41, 5.74) is 4.81. The zero-order valence-electron chi connectivity index (χ0n) is 14.9. The molecular formula is C23H18FNO2. The Morgan fingerprint density at radius 1 is 1.04 bits per heavy atom. The zero-order valence-corrected chi connectivity index (χ0v) is 14.9. The van der Waals surface area contributed by atoms with Crippen molar-refractivity contribution in [2.75, 3.05) is 0 Å². The first-order valence-electron chi connectivity index (χ1n) is 8.69. The first-order chi connectivity index (χ1) is 13.2. The van der Waals surface area contributed by atoms with E-state index < -0.39 is 5.82 Å². The van der Waals surface area contributed by atoms with Crippen LogP contribution >= 0.6 is 0 Å². The summed E-state index contributed by atoms with van der Waals surface area (Å²) in [5, 5.41) is 0. The number of fused-ring (bicyclic) bond motifs is 1. The molecule has 0 saturated carbocycles. The van der Waals surface area contributed by atoms with Crippen molar-refractivity contribution >= 4 is 11.8 Å². The molecule has 0 aliphatic carbocycles. The first kappa shape index (κ1) is 17.0. The van der Waals surface area contributed by atoms with Gasteiger partial charge >= 0.3 is 0 Å². The van der Waals surface area contributed by atoms with Gasteiger partial charge in [-0.2, -0.15) is 0 Å². The Hall–Kier alpha value is -3.40. The van der Waals surface area contributed by atoms with Crippen LogP contribution in [0.5, 0.6) is 5.75 Å². The number of benzene rings is 2. The molecule has 2 aromatic heterocycles. The number of aryl methyl sites for hydroxylation is 1. The number of hydrogen-bond donors (Lipinski definition) is 0. The van der Waals surface area contributed by atoms with E-state index in [1.54, 1.807) is 12.1 Å². The molecule has 2 aromatic carbocycles. The summed E-state index contributed by atoms with van der Waals surface area (Å²) in [6.07, 6.45) is 2.65. The summed E-state index contributed by atoms with van der Waals surface area (Å²) < 4.78 is 22.0. The maximum absolute atomic E-state index is 14.6. The molecule has 0 fully saturated rings. The Morgan fingerprint density at radius 3 is 2.59 bits per heavy atom. The molecule has 0 spiro atoms. The third-order valence-corrected chi connectivity index (χ3v) is 4.56. The van der Waals surface area contributed by atoms with Crippen LogP contribution in [0.15, 0.2) is 72.9 Å². The molecule has 0 amide bonds. The fraction of sp³-hybridized carbons (Fsp3) is 0.0870. The number of rotatable bonds is 5. The van der Waals surface area contributed by atoms with Gasteiger partial charge in [0.2, 0.25) is 0 Å². The zero-order chi connectivity index (χ0) is 18.8. The highest BCUT2D eigenvalue weighted by molar-refractivity contribution is 5.90. The molecule has 27 heavy (non-hydrogen) atoms. The highest BCUT2D eigenvalue weighted by atomic mass is 19.1. The number of halogens is 1. The van der Waals surface area contributed by atoms with E-state index in [2.05, 4.69) is 0 Å². The van der Waals surface area contributed by atoms with Crippen LogP contribution in [0.2, 0.25) is 0 Å². The van der Waals surface area contributed by atoms with E-state index in [-0.39, 0.29) is 5.75 Å². The van der Waals surface area contributed by atoms with Crippen molar-refractivity contribution < 1.29 is 13.9 Å². The van der Waals surface area contributed by atoms with Gasteiger partial charge in [0.25, 0.3) is 0 Å². The summed E-state index contributed by atoms with van der Waals surface area (Å²) in [7, 11) is 0. The van der Waals surface area contributed by atoms with E-state index in [1.807, 2.05) is 66.1 Å². The summed E-state index contributed by atoms with van der Waals surface area (Å²) >= 11 is 0. The van der Waals surface area contributed by atoms with Crippen molar-refractivity contribution in [1.82, 2.24) is 4.40 Å². The summed E-state index contributed by atoms with van der Waals surface area (Å²) in [4.78, 5) is 11.6. The van der Waals surface area contributed by atoms with Crippen LogP contribution in [0.3, 0.4) is 0 Å². The molecule has 0 radical (unpaired) electrons. The van der Waals surface area contributed by atoms with Crippen LogP contribution in [0.1, 0.15) is 21.6 Å². The van der Waals surface area contributed by atoms with Gasteiger partial charge in [0, 0.05) is 17.3 Å². The largest absolute Gasteiger partial charge is 0.486 e. The summed E-state index contributed by atoms with van der Waals surface area (Å²) in [6.45, 7) is 2.29. The Morgan fingerprint density at radius 2 is 1.85 bits per heavy atom. The Bertz CT molecular complexity index is 1120. The quantitative estimate of drug-likeness (QED) is 0.444. The molecular weight excluding hydrogens is 341 g/mol. The molecule has 4 heteroatoms. The summed E-state index contributed by atoms with van der Waals surface area (Å²) in [5.74, 6) is -0.262. The van der Waals surface area contributed by atoms with Gasteiger partial charge in [0.05, 0.1) is 5.69 Å². The van der Waals surface area contributed by atoms with Gasteiger partial charge in [-0.25, -0.2) is 4.39 Å². The number of carbonyl (C=O) groups excluding carboxylic acids is 1. The van der Waals surface area contributed by atoms with Crippen LogP contribution in [-0.2, 0) is 6.61 Å². The summed E-state index contributed by atoms with van der Waals surface area (Å²) in [6, 6.07) is 20.2. The van der Waals surface area contributed by atoms with E-state index in [4.69, 9.17) is 4.74 Å². The van der Waals surface area contributed by atoms with Gasteiger partial charge in [-0.1, -0.05) is 36.4 Å². The number of carbonyl (C=O) groups is 1. The second-order valence-electron chi connectivity index (χ2n) is 6.48. The van der Waals surface area contributed by atoms with Crippen LogP contribution in [0, 0.1) is 12.7 Å². The van der Waals surface area contributed by atoms with Crippen molar-refractivity contribution in [2.45, 2.75) is 13.5 Å². The number of aldehydes is 1. The lowest BCUT2D eigenvalue weighted by atomic mass is 10.1. The van der Waals surface area contributed by atoms with Crippen molar-refractivity contribution in [3.05, 3.63) is 95.6 Å². The lowest BCUT2D eigenvalue weighted by molar-refractivity contribution is 0.111. The number of nitrogens with zero attached hydrogens (tertiary/aromatic N) is 1. The Balaban J connectivity index is 1.66. The Kier molecular flexibility index (Phi) is 4.47. The molecule has 0 aliphatic rings. The third kappa shape index (κ3) is 3.34. The minimum atomic E-state index is -0.452. The van der Waals surface area contributed by atoms with Gasteiger partial charge in [0.15, 0.2) is 17.9 Å². The first-order valence-corrected chi connectivity index (χ1v) is 8.69. The second kappa shape index (κ2) is 7.08. The second-order valence-corrected chi connectivity index (χ2v) is 6.48. The van der Waals surface area contributed by atoms with E-state index >= 15 is 0 Å². The lowest BCUT2D eigenvalue weighted by Gasteiger charge is -2.09. The molecule has 0 N–H and O–H groups in total. The van der Waals surface area contributed by atoms with Crippen LogP contribution in [0.25, 0.3) is 16.6 Å². The molecule has 134 valence electrons. The molecule has 2 heterocycles. The van der Waals surface area contributed by atoms with Gasteiger partial charge in [-0.05, 0) is 53.9 Å². The van der Waals surface area contributed by atoms with Gasteiger partial charge in [0.1, 0.15) is 6.61 Å². The SMILES string of the molecule is Cc1ccn2c(C=O)c(-c3ccc(OCc4ccccc4)c(F)c3)cc2c1. The molecule has 3 nitrogen and oxygen atoms in total. The molecule has 0 bridgehead atoms. The molecule has 0 atom stereocenters. The smallest absolute Gasteiger partial charge is 0.167 e. The van der Waals surface area contributed by atoms with Gasteiger partial charge in [-0.3, -0.25) is 4.79 Å². The third-order valence-electron chi connectivity index (χ3n) is 4.56. The molecule has 4 aromatic rings. The normalized spacial score (nSPS) is 10.9. The van der Waals surface area contributed by atoms with Crippen LogP contribution < -0.4 is 4.74 Å². The monoisotopic (exact) mass is 359 g/mol. The fourth-order valence-corrected chi connectivity index (χ4v) is 3.18. The molecule has 4 rings (SSSR count). The topological polar surface area (TPSA) is 30.7 Å². The highest BCUT2D eigenvalue weighted by Crippen LogP contribution is 2.30. The molecule has 0 unspecified atom stereocenters. The maximum Gasteiger partial charge on any atom is 0.167 e. The van der Waals surface area contributed by atoms with E-state index in [9.17, 15) is 9.18 Å². The van der Waals surface area contributed by atoms with Crippen molar-refractivity contribution in [3.8, 4) is 16.9 Å². The fourth-order valence-electron chi connectivity index (χ4n) is 3.18. The van der Waals surface area contributed by atoms with Crippen molar-refractivity contribution in [2.24, 2.45) is 0 Å². The average Bonchev–Trinajstić information content (AvgIpc) is 3.05. The number of pyridine rings is 1. The van der Waals surface area contributed by atoms with Crippen molar-refractivity contribution in [1.29, 1.82) is 0 Å². The van der Waals surface area contributed by atoms with E-state index in [0.29, 0.717) is 23.4 Å². The predicted molar refractivity (Wildman–Crippen MR) is 104 cm³/mol. The average molecular weight is 359 g/mol. The Labute approximate surface area is 156 Å². The molecule has 0 aliphatic heterocycles. The minimum Gasteiger partial charge on any atom is -0.486 e. The minimum absolute atomic E-state index is 0.190. The van der Waals surface area contributed by atoms with Crippen molar-refractivity contribution in [3.63, 3.8) is 0 Å². The van der Waals surface area contributed by atoms with Crippen LogP contribution in [-0.4, -0.2) is 10.7 Å². The lowest BCUT2D eigenvalue weighted by Crippen LogP contribution is -1.98. The predicted octanol–water partition coefficient (Wildman–Crippen LogP) is 5.45. The molecule has 0 saturated heterocycles. The number of aromatic nitrogens is 1. The maximum atomic E-state index is 14.6. The standard InChI is InChI=1S/C23H18FNO2/c1-16-9-10-25-19(11-16)13-20(22(25)14-26)18-7-8-23(21(24)12-18)27-15-17-5-3-2-4-6-17/h2-14H,15H2,1H3. The van der Waals surface area contributed by atoms with E-state index in [0.717, 1.165) is 22.9 Å². The van der Waals surface area contributed by atoms with Crippen LogP contribution in [0.4, 0.5) is 4.39 Å². The highest BCUT2D eigenvalue weighted by Gasteiger charge is 2.14. The van der Waals surface area contributed by atoms with Gasteiger partial charge < -0.3 is 9.14 Å². The number of hydrogen-bond acceptors (Lipinski definition) is 2. The van der Waals surface area contributed by atoms with Gasteiger partial charge in [-0.15, -0.1) is 0 Å². The van der Waals surface area contributed by atoms with E-state index in [1.165, 1.54) is 6.07 Å². The number of ether oxygens (including phenoxy) is 1.